The van der Waals surface area contributed by atoms with E-state index in [1.807, 2.05) is 194 Å². The van der Waals surface area contributed by atoms with Gasteiger partial charge in [0.1, 0.15) is 0 Å². The molecule has 5 N–H and O–H groups in total. The van der Waals surface area contributed by atoms with Gasteiger partial charge in [0, 0.05) is 156 Å². The standard InChI is InChI=1S/C29H20N2.C22H24N.C20H20N.C15H10N.C11H8N.C10H8N.C6H5N2.2C5H8O2.4Ir.2Pt/c1-4-12-22(13-5-1)25-18-10-20-27(30-25)29(24-16-8-3-9-17-24)28-21-11-19-26(31-28)23-14-6-2-7-15-23;1-22(2)18-10-17-11-21(23-13-19(17)20(22)12-18)16-8-7-14-5-3-4-6-15(14)9-16;1-2-4-14-9-17(8-5-13(14)3-1)20-11-18-15-6-7-16(10-15)19(18)12-21-20;1-2-7-13(8-3-1)15-14-9-5-4-6-12(14)10-11-16-15;1-2-6-10(7-3-1)11-8-4-5-9-12-11;11-10-7-3-5-8-4-1-2-6-9(8)10;7-5-3-1-2-4-6(5)8;2*1-4(6)3-5(2)7;;;;;;/h1-12,14,16-21,29H;7,9,11,13,18,20H,3-6,10,12H2,1-2H3;5,9,11-12,15-16H,1-4,6-7,10H2;1-7,9-11H;1-6,8-9H;1-6H,11H2;1-4,7H;2*3,6H,1-2H3;;;;;;/q-2;6*-1;;;;;;;;+2/b;;;;;;;4-3-;;;;;;;. The topological polar surface area (TPSA) is 224 Å². The maximum Gasteiger partial charge on any atom is 2.00 e. The SMILES string of the molecule is CC(=O)/C=C(/C)O.CC(=O)C=C(C)O.CC1(C)C2Cc3cc(-c4[c-]cc5c(c4)CCCC5)ncc3C1C2.Nc1[c-]ccc2ccccc12.[Ir].[Ir].[Ir].[Ir].[N-]=C1C=CC=CC1=N.[Pt+2].[Pt].[c-]1cc2c(cc1-c1cc3c(cn1)C1CCC3C1)CCCC2.[c-]1ccccc1-c1cccc(C(c2ccccc2)c2cccc(-c3[c-]cccc3)n2)n1.[c-]1ccccc1-c1ccccn1.[c-]1ccccc1-c1nccc2ccccc12. The summed E-state index contributed by atoms with van der Waals surface area (Å²) in [6, 6.07) is 119. The molecule has 4 atom stereocenters. The van der Waals surface area contributed by atoms with Crippen molar-refractivity contribution < 1.29 is 142 Å². The van der Waals surface area contributed by atoms with E-state index < -0.39 is 0 Å². The second-order valence-electron chi connectivity index (χ2n) is 35.6. The molecular formula is C123H111Ir4N9O4Pt2-6. The van der Waals surface area contributed by atoms with Crippen LogP contribution in [0.1, 0.15) is 178 Å². The number of aromatic nitrogens is 6. The Balaban J connectivity index is 0.000000185. The van der Waals surface area contributed by atoms with Crippen LogP contribution in [0.4, 0.5) is 5.69 Å². The monoisotopic (exact) mass is 2940 g/mol. The van der Waals surface area contributed by atoms with Crippen LogP contribution in [0.2, 0.25) is 0 Å². The maximum absolute atomic E-state index is 10.0. The number of carbonyl (C=O) groups is 2. The minimum Gasteiger partial charge on any atom is -0.802 e. The number of aliphatic hydroxyl groups excluding tert-OH is 2. The molecule has 0 amide bonds. The zero-order valence-electron chi connectivity index (χ0n) is 79.9. The molecule has 0 aliphatic heterocycles. The third-order valence-corrected chi connectivity index (χ3v) is 25.7. The molecule has 734 valence electrons. The number of benzene rings is 10. The Morgan fingerprint density at radius 2 is 0.915 bits per heavy atom. The molecule has 6 aromatic heterocycles. The number of ketones is 2. The summed E-state index contributed by atoms with van der Waals surface area (Å²) in [4.78, 5) is 48.3. The van der Waals surface area contributed by atoms with Crippen LogP contribution in [-0.2, 0) is 164 Å². The van der Waals surface area contributed by atoms with Gasteiger partial charge in [-0.3, -0.25) is 9.59 Å². The summed E-state index contributed by atoms with van der Waals surface area (Å²) in [5.74, 6) is 3.00. The Bertz CT molecular complexity index is 6790. The molecule has 13 nitrogen and oxygen atoms in total. The Kier molecular flexibility index (Phi) is 45.5. The first-order valence-corrected chi connectivity index (χ1v) is 46.8. The Labute approximate surface area is 919 Å². The number of hydrogen-bond acceptors (Lipinski definition) is 12. The minimum absolute atomic E-state index is 0. The number of hydrogen-bond donors (Lipinski definition) is 4. The first kappa shape index (κ1) is 114. The summed E-state index contributed by atoms with van der Waals surface area (Å²) < 4.78 is 0. The van der Waals surface area contributed by atoms with Gasteiger partial charge in [-0.15, -0.1) is 236 Å². The molecule has 4 unspecified atom stereocenters. The van der Waals surface area contributed by atoms with Crippen molar-refractivity contribution in [2.24, 2.45) is 11.3 Å². The molecule has 142 heavy (non-hydrogen) atoms. The number of nitrogens with one attached hydrogen (secondary N) is 1. The summed E-state index contributed by atoms with van der Waals surface area (Å²) in [6.07, 6.45) is 33.7. The van der Waals surface area contributed by atoms with E-state index in [4.69, 9.17) is 46.7 Å². The number of aliphatic hydroxyl groups is 2. The Morgan fingerprint density at radius 1 is 0.444 bits per heavy atom. The fraction of sp³-hybridized carbons (Fsp3) is 0.203. The third-order valence-electron chi connectivity index (χ3n) is 25.7. The van der Waals surface area contributed by atoms with Crippen LogP contribution in [0.15, 0.2) is 358 Å². The summed E-state index contributed by atoms with van der Waals surface area (Å²) >= 11 is 0. The number of carbonyl (C=O) groups excluding carboxylic acids is 2. The Hall–Kier alpha value is -11.4. The van der Waals surface area contributed by atoms with Crippen molar-refractivity contribution >= 4 is 50.2 Å². The predicted octanol–water partition coefficient (Wildman–Crippen LogP) is 28.2. The van der Waals surface area contributed by atoms with E-state index in [1.165, 1.54) is 196 Å². The zero-order valence-corrected chi connectivity index (χ0v) is 94.0. The van der Waals surface area contributed by atoms with Crippen LogP contribution in [0.3, 0.4) is 0 Å². The van der Waals surface area contributed by atoms with E-state index in [-0.39, 0.29) is 163 Å². The molecule has 8 aliphatic carbocycles. The zero-order chi connectivity index (χ0) is 94.7. The van der Waals surface area contributed by atoms with Crippen molar-refractivity contribution in [2.75, 3.05) is 5.73 Å². The van der Waals surface area contributed by atoms with Gasteiger partial charge in [-0.05, 0) is 205 Å². The predicted molar refractivity (Wildman–Crippen MR) is 553 cm³/mol. The van der Waals surface area contributed by atoms with E-state index in [1.54, 1.807) is 29.5 Å². The van der Waals surface area contributed by atoms with Gasteiger partial charge < -0.3 is 56.7 Å². The molecule has 19 heteroatoms. The fourth-order valence-corrected chi connectivity index (χ4v) is 18.8. The summed E-state index contributed by atoms with van der Waals surface area (Å²) in [5.41, 5.74) is 34.9. The first-order valence-electron chi connectivity index (χ1n) is 46.8. The van der Waals surface area contributed by atoms with Crippen molar-refractivity contribution in [3.8, 4) is 67.5 Å². The normalized spacial score (nSPS) is 15.4. The van der Waals surface area contributed by atoms with E-state index in [9.17, 15) is 9.59 Å². The molecule has 10 aromatic carbocycles. The third kappa shape index (κ3) is 30.8. The number of allylic oxidation sites excluding steroid dienone is 8. The number of fused-ring (bicyclic) bond motifs is 9. The number of nitrogens with zero attached hydrogens (tertiary/aromatic N) is 7. The van der Waals surface area contributed by atoms with Gasteiger partial charge >= 0.3 is 21.1 Å². The molecule has 8 aliphatic rings. The van der Waals surface area contributed by atoms with Gasteiger partial charge in [-0.2, -0.15) is 18.2 Å². The summed E-state index contributed by atoms with van der Waals surface area (Å²) in [5, 5.41) is 37.1. The van der Waals surface area contributed by atoms with Gasteiger partial charge in [0.2, 0.25) is 0 Å². The maximum atomic E-state index is 10.0. The molecule has 4 bridgehead atoms. The van der Waals surface area contributed by atoms with Crippen LogP contribution in [0.25, 0.3) is 94.5 Å². The van der Waals surface area contributed by atoms with Gasteiger partial charge in [-0.1, -0.05) is 198 Å². The van der Waals surface area contributed by atoms with Crippen LogP contribution in [-0.4, -0.2) is 63.1 Å². The molecule has 0 saturated heterocycles. The van der Waals surface area contributed by atoms with Crippen molar-refractivity contribution in [2.45, 2.75) is 149 Å². The largest absolute Gasteiger partial charge is 2.00 e. The number of nitrogen functional groups attached to an aromatic ring is 1. The molecule has 4 radical (unpaired) electrons. The fourth-order valence-electron chi connectivity index (χ4n) is 18.8. The molecular weight excluding hydrogens is 2830 g/mol. The summed E-state index contributed by atoms with van der Waals surface area (Å²) in [7, 11) is 0. The van der Waals surface area contributed by atoms with Gasteiger partial charge in [0.15, 0.2) is 11.6 Å². The van der Waals surface area contributed by atoms with E-state index in [2.05, 4.69) is 176 Å². The van der Waals surface area contributed by atoms with Crippen LogP contribution in [0.5, 0.6) is 0 Å². The molecule has 24 rings (SSSR count). The molecule has 0 spiro atoms. The summed E-state index contributed by atoms with van der Waals surface area (Å²) in [6.45, 7) is 10.6. The van der Waals surface area contributed by atoms with Crippen molar-refractivity contribution in [3.63, 3.8) is 0 Å². The number of rotatable bonds is 11. The van der Waals surface area contributed by atoms with Crippen LogP contribution in [0, 0.1) is 59.2 Å². The minimum atomic E-state index is -0.125. The van der Waals surface area contributed by atoms with Gasteiger partial charge in [0.25, 0.3) is 0 Å². The van der Waals surface area contributed by atoms with E-state index in [0.29, 0.717) is 5.41 Å². The molecule has 2 saturated carbocycles. The molecule has 6 heterocycles. The van der Waals surface area contributed by atoms with Crippen molar-refractivity contribution in [1.29, 1.82) is 5.41 Å². The van der Waals surface area contributed by atoms with Crippen LogP contribution >= 0.6 is 0 Å². The molecule has 16 aromatic rings. The average molecular weight is 2940 g/mol. The number of aryl methyl sites for hydroxylation is 4. The average Bonchev–Trinajstić information content (AvgIpc) is 0.790. The van der Waals surface area contributed by atoms with Crippen molar-refractivity contribution in [1.82, 2.24) is 29.9 Å². The van der Waals surface area contributed by atoms with E-state index >= 15 is 0 Å². The second kappa shape index (κ2) is 56.6. The van der Waals surface area contributed by atoms with Crippen LogP contribution < -0.4 is 5.73 Å². The first-order chi connectivity index (χ1) is 66.2. The molecule has 2 fully saturated rings. The van der Waals surface area contributed by atoms with E-state index in [0.717, 1.165) is 108 Å². The van der Waals surface area contributed by atoms with Gasteiger partial charge in [-0.25, -0.2) is 0 Å². The number of anilines is 1. The number of nitrogens with two attached hydrogens (primary N) is 1. The second-order valence-corrected chi connectivity index (χ2v) is 35.6. The smallest absolute Gasteiger partial charge is 0.802 e. The Morgan fingerprint density at radius 3 is 1.40 bits per heavy atom. The quantitative estimate of drug-likeness (QED) is 0.0313. The van der Waals surface area contributed by atoms with Crippen molar-refractivity contribution in [3.05, 3.63) is 467 Å². The van der Waals surface area contributed by atoms with Gasteiger partial charge in [0.05, 0.1) is 17.4 Å². The number of pyridine rings is 6.